The number of nitrogens with two attached hydrogens (primary N) is 2. The van der Waals surface area contributed by atoms with Crippen molar-refractivity contribution in [3.63, 3.8) is 0 Å². The molecule has 0 aliphatic rings. The van der Waals surface area contributed by atoms with Gasteiger partial charge in [-0.15, -0.1) is 0 Å². The van der Waals surface area contributed by atoms with E-state index in [0.717, 1.165) is 5.56 Å². The molecule has 0 amide bonds. The van der Waals surface area contributed by atoms with Gasteiger partial charge in [-0.05, 0) is 12.0 Å². The molecule has 0 spiro atoms. The molecule has 17 heavy (non-hydrogen) atoms. The van der Waals surface area contributed by atoms with Crippen molar-refractivity contribution < 1.29 is 4.79 Å². The summed E-state index contributed by atoms with van der Waals surface area (Å²) in [5.74, 6) is -0.259. The summed E-state index contributed by atoms with van der Waals surface area (Å²) < 4.78 is 1.18. The Morgan fingerprint density at radius 3 is 2.65 bits per heavy atom. The molecule has 2 rings (SSSR count). The van der Waals surface area contributed by atoms with Gasteiger partial charge >= 0.3 is 0 Å². The van der Waals surface area contributed by atoms with Gasteiger partial charge in [-0.25, -0.2) is 4.68 Å². The molecule has 0 aliphatic heterocycles. The van der Waals surface area contributed by atoms with E-state index in [1.165, 1.54) is 17.1 Å². The van der Waals surface area contributed by atoms with Gasteiger partial charge in [0, 0.05) is 0 Å². The number of hydrogen-bond donors (Lipinski definition) is 2. The van der Waals surface area contributed by atoms with Gasteiger partial charge in [-0.3, -0.25) is 4.79 Å². The first-order valence-electron chi connectivity index (χ1n) is 5.30. The topological polar surface area (TPSA) is 86.9 Å². The standard InChI is InChI=1S/C12H14N4O/c13-10-7-15-16(8-10)12(17)11(14)6-9-4-2-1-3-5-9/h1-5,7-8,11H,6,13-14H2/t11-/m0/s1. The molecule has 1 atom stereocenters. The summed E-state index contributed by atoms with van der Waals surface area (Å²) in [5.41, 5.74) is 12.8. The van der Waals surface area contributed by atoms with E-state index in [4.69, 9.17) is 11.5 Å². The Balaban J connectivity index is 2.06. The van der Waals surface area contributed by atoms with Crippen LogP contribution < -0.4 is 11.5 Å². The van der Waals surface area contributed by atoms with E-state index >= 15 is 0 Å². The highest BCUT2D eigenvalue weighted by Gasteiger charge is 2.16. The van der Waals surface area contributed by atoms with Gasteiger partial charge in [-0.2, -0.15) is 5.10 Å². The van der Waals surface area contributed by atoms with E-state index in [1.807, 2.05) is 30.3 Å². The van der Waals surface area contributed by atoms with Crippen LogP contribution in [0.2, 0.25) is 0 Å². The number of rotatable bonds is 3. The average molecular weight is 230 g/mol. The monoisotopic (exact) mass is 230 g/mol. The fourth-order valence-electron chi connectivity index (χ4n) is 1.58. The molecule has 2 aromatic rings. The second-order valence-electron chi connectivity index (χ2n) is 3.85. The molecule has 0 unspecified atom stereocenters. The zero-order chi connectivity index (χ0) is 12.3. The number of anilines is 1. The van der Waals surface area contributed by atoms with Gasteiger partial charge in [0.25, 0.3) is 5.91 Å². The zero-order valence-electron chi connectivity index (χ0n) is 9.28. The summed E-state index contributed by atoms with van der Waals surface area (Å²) in [7, 11) is 0. The minimum atomic E-state index is -0.614. The Bertz CT molecular complexity index is 506. The van der Waals surface area contributed by atoms with Crippen LogP contribution in [0.1, 0.15) is 10.4 Å². The lowest BCUT2D eigenvalue weighted by atomic mass is 10.1. The molecule has 0 saturated heterocycles. The lowest BCUT2D eigenvalue weighted by molar-refractivity contribution is 0.0863. The summed E-state index contributed by atoms with van der Waals surface area (Å²) in [6.07, 6.45) is 3.37. The zero-order valence-corrected chi connectivity index (χ0v) is 9.28. The highest BCUT2D eigenvalue weighted by atomic mass is 16.2. The first-order chi connectivity index (χ1) is 8.16. The Labute approximate surface area is 99.0 Å². The van der Waals surface area contributed by atoms with Crippen LogP contribution >= 0.6 is 0 Å². The molecule has 1 aromatic carbocycles. The summed E-state index contributed by atoms with van der Waals surface area (Å²) in [6.45, 7) is 0. The molecule has 88 valence electrons. The van der Waals surface area contributed by atoms with Crippen molar-refractivity contribution >= 4 is 11.6 Å². The molecule has 5 nitrogen and oxygen atoms in total. The van der Waals surface area contributed by atoms with E-state index < -0.39 is 6.04 Å². The first-order valence-corrected chi connectivity index (χ1v) is 5.30. The van der Waals surface area contributed by atoms with Gasteiger partial charge < -0.3 is 11.5 Å². The number of hydrogen-bond acceptors (Lipinski definition) is 4. The molecule has 0 aliphatic carbocycles. The maximum atomic E-state index is 11.9. The minimum Gasteiger partial charge on any atom is -0.396 e. The third kappa shape index (κ3) is 2.70. The van der Waals surface area contributed by atoms with Gasteiger partial charge in [0.15, 0.2) is 0 Å². The van der Waals surface area contributed by atoms with Crippen molar-refractivity contribution in [2.45, 2.75) is 12.5 Å². The number of carbonyl (C=O) groups is 1. The molecular weight excluding hydrogens is 216 g/mol. The Morgan fingerprint density at radius 2 is 2.06 bits per heavy atom. The van der Waals surface area contributed by atoms with E-state index in [9.17, 15) is 4.79 Å². The second-order valence-corrected chi connectivity index (χ2v) is 3.85. The Kier molecular flexibility index (Phi) is 3.20. The second kappa shape index (κ2) is 4.80. The van der Waals surface area contributed by atoms with Crippen LogP contribution in [0.3, 0.4) is 0 Å². The molecular formula is C12H14N4O. The summed E-state index contributed by atoms with van der Waals surface area (Å²) >= 11 is 0. The van der Waals surface area contributed by atoms with Crippen molar-refractivity contribution in [3.8, 4) is 0 Å². The molecule has 1 aromatic heterocycles. The van der Waals surface area contributed by atoms with Crippen molar-refractivity contribution in [2.24, 2.45) is 5.73 Å². The molecule has 4 N–H and O–H groups in total. The van der Waals surface area contributed by atoms with E-state index in [0.29, 0.717) is 12.1 Å². The normalized spacial score (nSPS) is 12.3. The number of aromatic nitrogens is 2. The lowest BCUT2D eigenvalue weighted by Crippen LogP contribution is -2.36. The van der Waals surface area contributed by atoms with Gasteiger partial charge in [0.05, 0.1) is 24.1 Å². The summed E-state index contributed by atoms with van der Waals surface area (Å²) in [4.78, 5) is 11.9. The molecule has 0 radical (unpaired) electrons. The van der Waals surface area contributed by atoms with Crippen LogP contribution in [0.25, 0.3) is 0 Å². The third-order valence-electron chi connectivity index (χ3n) is 2.44. The van der Waals surface area contributed by atoms with Crippen LogP contribution in [-0.4, -0.2) is 21.7 Å². The average Bonchev–Trinajstić information content (AvgIpc) is 2.76. The molecule has 1 heterocycles. The predicted octanol–water partition coefficient (Wildman–Crippen LogP) is 0.675. The maximum Gasteiger partial charge on any atom is 0.264 e. The van der Waals surface area contributed by atoms with Crippen LogP contribution in [-0.2, 0) is 6.42 Å². The van der Waals surface area contributed by atoms with Gasteiger partial charge in [0.1, 0.15) is 0 Å². The van der Waals surface area contributed by atoms with Gasteiger partial charge in [0.2, 0.25) is 0 Å². The lowest BCUT2D eigenvalue weighted by Gasteiger charge is -2.09. The van der Waals surface area contributed by atoms with Crippen LogP contribution in [0.15, 0.2) is 42.7 Å². The Hall–Kier alpha value is -2.14. The highest BCUT2D eigenvalue weighted by molar-refractivity contribution is 5.84. The predicted molar refractivity (Wildman–Crippen MR) is 65.4 cm³/mol. The largest absolute Gasteiger partial charge is 0.396 e. The maximum absolute atomic E-state index is 11.9. The quantitative estimate of drug-likeness (QED) is 0.811. The van der Waals surface area contributed by atoms with Crippen molar-refractivity contribution in [3.05, 3.63) is 48.3 Å². The third-order valence-corrected chi connectivity index (χ3v) is 2.44. The number of benzene rings is 1. The minimum absolute atomic E-state index is 0.259. The SMILES string of the molecule is Nc1cnn(C(=O)[C@@H](N)Cc2ccccc2)c1. The number of nitrogens with zero attached hydrogens (tertiary/aromatic N) is 2. The summed E-state index contributed by atoms with van der Waals surface area (Å²) in [5, 5.41) is 3.84. The fraction of sp³-hybridized carbons (Fsp3) is 0.167. The first kappa shape index (κ1) is 11.3. The van der Waals surface area contributed by atoms with Crippen LogP contribution in [0.5, 0.6) is 0 Å². The fourth-order valence-corrected chi connectivity index (χ4v) is 1.58. The van der Waals surface area contributed by atoms with Crippen molar-refractivity contribution in [2.75, 3.05) is 5.73 Å². The smallest absolute Gasteiger partial charge is 0.264 e. The van der Waals surface area contributed by atoms with E-state index in [2.05, 4.69) is 5.10 Å². The number of nitrogen functional groups attached to an aromatic ring is 1. The molecule has 5 heteroatoms. The van der Waals surface area contributed by atoms with Crippen LogP contribution in [0, 0.1) is 0 Å². The van der Waals surface area contributed by atoms with Gasteiger partial charge in [-0.1, -0.05) is 30.3 Å². The van der Waals surface area contributed by atoms with E-state index in [1.54, 1.807) is 0 Å². The highest BCUT2D eigenvalue weighted by Crippen LogP contribution is 2.05. The van der Waals surface area contributed by atoms with Crippen molar-refractivity contribution in [1.82, 2.24) is 9.78 Å². The number of carbonyl (C=O) groups excluding carboxylic acids is 1. The van der Waals surface area contributed by atoms with E-state index in [-0.39, 0.29) is 5.91 Å². The Morgan fingerprint density at radius 1 is 1.35 bits per heavy atom. The van der Waals surface area contributed by atoms with Crippen molar-refractivity contribution in [1.29, 1.82) is 0 Å². The molecule has 0 saturated carbocycles. The van der Waals surface area contributed by atoms with Crippen LogP contribution in [0.4, 0.5) is 5.69 Å². The molecule has 0 bridgehead atoms. The molecule has 0 fully saturated rings. The summed E-state index contributed by atoms with van der Waals surface area (Å²) in [6, 6.07) is 9.01.